The molecule has 0 unspecified atom stereocenters. The van der Waals surface area contributed by atoms with Gasteiger partial charge in [-0.2, -0.15) is 0 Å². The van der Waals surface area contributed by atoms with Crippen LogP contribution in [0.15, 0.2) is 35.7 Å². The van der Waals surface area contributed by atoms with E-state index in [1.165, 1.54) is 21.6 Å². The Kier molecular flexibility index (Phi) is 5.00. The number of halogens is 1. The SMILES string of the molecule is Cc1cccc(Cc2csc(CN)c2)c1.Cl. The van der Waals surface area contributed by atoms with Crippen LogP contribution in [-0.4, -0.2) is 0 Å². The zero-order chi connectivity index (χ0) is 10.7. The van der Waals surface area contributed by atoms with Crippen LogP contribution in [0, 0.1) is 6.92 Å². The first-order chi connectivity index (χ1) is 7.28. The maximum Gasteiger partial charge on any atom is 0.0273 e. The quantitative estimate of drug-likeness (QED) is 0.890. The number of rotatable bonds is 3. The summed E-state index contributed by atoms with van der Waals surface area (Å²) in [5.74, 6) is 0. The Morgan fingerprint density at radius 3 is 2.62 bits per heavy atom. The highest BCUT2D eigenvalue weighted by molar-refractivity contribution is 7.10. The largest absolute Gasteiger partial charge is 0.326 e. The predicted octanol–water partition coefficient (Wildman–Crippen LogP) is 3.53. The Balaban J connectivity index is 0.00000128. The van der Waals surface area contributed by atoms with E-state index in [9.17, 15) is 0 Å². The molecule has 1 nitrogen and oxygen atoms in total. The third-order valence-corrected chi connectivity index (χ3v) is 3.41. The minimum atomic E-state index is 0. The van der Waals surface area contributed by atoms with Crippen LogP contribution in [0.4, 0.5) is 0 Å². The summed E-state index contributed by atoms with van der Waals surface area (Å²) >= 11 is 1.75. The number of hydrogen-bond donors (Lipinski definition) is 1. The molecule has 1 heterocycles. The number of thiophene rings is 1. The van der Waals surface area contributed by atoms with Crippen molar-refractivity contribution in [2.75, 3.05) is 0 Å². The number of nitrogens with two attached hydrogens (primary N) is 1. The minimum absolute atomic E-state index is 0. The van der Waals surface area contributed by atoms with E-state index >= 15 is 0 Å². The molecule has 0 saturated carbocycles. The van der Waals surface area contributed by atoms with Crippen LogP contribution in [0.25, 0.3) is 0 Å². The van der Waals surface area contributed by atoms with Gasteiger partial charge in [-0.25, -0.2) is 0 Å². The van der Waals surface area contributed by atoms with Crippen LogP contribution >= 0.6 is 23.7 Å². The summed E-state index contributed by atoms with van der Waals surface area (Å²) in [5, 5.41) is 2.20. The first kappa shape index (κ1) is 13.2. The monoisotopic (exact) mass is 253 g/mol. The average Bonchev–Trinajstić information content (AvgIpc) is 2.65. The highest BCUT2D eigenvalue weighted by Gasteiger charge is 2.00. The van der Waals surface area contributed by atoms with E-state index in [-0.39, 0.29) is 12.4 Å². The van der Waals surface area contributed by atoms with Crippen molar-refractivity contribution in [1.82, 2.24) is 0 Å². The van der Waals surface area contributed by atoms with Crippen molar-refractivity contribution < 1.29 is 0 Å². The van der Waals surface area contributed by atoms with Gasteiger partial charge >= 0.3 is 0 Å². The molecule has 1 aromatic carbocycles. The summed E-state index contributed by atoms with van der Waals surface area (Å²) in [4.78, 5) is 1.26. The Hall–Kier alpha value is -0.830. The molecule has 0 atom stereocenters. The van der Waals surface area contributed by atoms with Gasteiger partial charge in [-0.1, -0.05) is 29.8 Å². The molecule has 2 rings (SSSR count). The number of aryl methyl sites for hydroxylation is 1. The third kappa shape index (κ3) is 3.34. The fourth-order valence-electron chi connectivity index (χ4n) is 1.68. The summed E-state index contributed by atoms with van der Waals surface area (Å²) < 4.78 is 0. The van der Waals surface area contributed by atoms with Crippen LogP contribution in [0.5, 0.6) is 0 Å². The first-order valence-electron chi connectivity index (χ1n) is 5.10. The van der Waals surface area contributed by atoms with Gasteiger partial charge in [0, 0.05) is 11.4 Å². The molecule has 1 aromatic heterocycles. The van der Waals surface area contributed by atoms with Gasteiger partial charge in [0.25, 0.3) is 0 Å². The van der Waals surface area contributed by atoms with Crippen molar-refractivity contribution in [3.05, 3.63) is 57.3 Å². The third-order valence-electron chi connectivity index (χ3n) is 2.40. The van der Waals surface area contributed by atoms with Crippen molar-refractivity contribution in [1.29, 1.82) is 0 Å². The molecule has 0 fully saturated rings. The molecule has 0 saturated heterocycles. The standard InChI is InChI=1S/C13H15NS.ClH/c1-10-3-2-4-11(5-10)6-12-7-13(8-14)15-9-12;/h2-5,7,9H,6,8,14H2,1H3;1H. The van der Waals surface area contributed by atoms with Crippen molar-refractivity contribution in [3.63, 3.8) is 0 Å². The lowest BCUT2D eigenvalue weighted by atomic mass is 10.1. The maximum atomic E-state index is 5.59. The molecule has 3 heteroatoms. The fourth-order valence-corrected chi connectivity index (χ4v) is 2.45. The molecule has 0 aliphatic heterocycles. The second-order valence-corrected chi connectivity index (χ2v) is 4.79. The molecule has 86 valence electrons. The fraction of sp³-hybridized carbons (Fsp3) is 0.231. The molecular formula is C13H16ClNS. The maximum absolute atomic E-state index is 5.59. The summed E-state index contributed by atoms with van der Waals surface area (Å²) in [7, 11) is 0. The van der Waals surface area contributed by atoms with Crippen molar-refractivity contribution in [2.45, 2.75) is 19.9 Å². The molecule has 2 aromatic rings. The molecule has 0 radical (unpaired) electrons. The summed E-state index contributed by atoms with van der Waals surface area (Å²) in [6, 6.07) is 10.9. The van der Waals surface area contributed by atoms with Crippen molar-refractivity contribution in [2.24, 2.45) is 5.73 Å². The van der Waals surface area contributed by atoms with Gasteiger partial charge in [0.05, 0.1) is 0 Å². The predicted molar refractivity (Wildman–Crippen MR) is 73.4 cm³/mol. The Labute approximate surface area is 107 Å². The van der Waals surface area contributed by atoms with E-state index in [4.69, 9.17) is 5.73 Å². The van der Waals surface area contributed by atoms with E-state index < -0.39 is 0 Å². The average molecular weight is 254 g/mol. The van der Waals surface area contributed by atoms with Crippen LogP contribution in [0.3, 0.4) is 0 Å². The molecule has 2 N–H and O–H groups in total. The molecule has 0 aliphatic rings. The smallest absolute Gasteiger partial charge is 0.0273 e. The lowest BCUT2D eigenvalue weighted by molar-refractivity contribution is 1.10. The lowest BCUT2D eigenvalue weighted by Crippen LogP contribution is -1.92. The second-order valence-electron chi connectivity index (χ2n) is 3.79. The molecule has 0 aliphatic carbocycles. The normalized spacial score (nSPS) is 9.88. The highest BCUT2D eigenvalue weighted by atomic mass is 35.5. The van der Waals surface area contributed by atoms with E-state index in [0.717, 1.165) is 6.42 Å². The van der Waals surface area contributed by atoms with Crippen molar-refractivity contribution in [3.8, 4) is 0 Å². The summed E-state index contributed by atoms with van der Waals surface area (Å²) in [6.07, 6.45) is 1.01. The minimum Gasteiger partial charge on any atom is -0.326 e. The van der Waals surface area contributed by atoms with Crippen molar-refractivity contribution >= 4 is 23.7 Å². The zero-order valence-corrected chi connectivity index (χ0v) is 10.9. The first-order valence-corrected chi connectivity index (χ1v) is 5.98. The van der Waals surface area contributed by atoms with E-state index in [1.54, 1.807) is 11.3 Å². The summed E-state index contributed by atoms with van der Waals surface area (Å²) in [5.41, 5.74) is 9.65. The molecule has 16 heavy (non-hydrogen) atoms. The van der Waals surface area contributed by atoms with Crippen LogP contribution in [-0.2, 0) is 13.0 Å². The van der Waals surface area contributed by atoms with E-state index in [0.29, 0.717) is 6.54 Å². The van der Waals surface area contributed by atoms with Gasteiger partial charge in [-0.05, 0) is 35.9 Å². The van der Waals surface area contributed by atoms with Gasteiger partial charge < -0.3 is 5.73 Å². The van der Waals surface area contributed by atoms with Gasteiger partial charge in [0.2, 0.25) is 0 Å². The molecule has 0 amide bonds. The Morgan fingerprint density at radius 1 is 1.19 bits per heavy atom. The molecule has 0 spiro atoms. The number of benzene rings is 1. The highest BCUT2D eigenvalue weighted by Crippen LogP contribution is 2.18. The van der Waals surface area contributed by atoms with E-state index in [1.807, 2.05) is 0 Å². The zero-order valence-electron chi connectivity index (χ0n) is 9.27. The lowest BCUT2D eigenvalue weighted by Gasteiger charge is -2.00. The Bertz CT molecular complexity index is 451. The van der Waals surface area contributed by atoms with Crippen LogP contribution < -0.4 is 5.73 Å². The Morgan fingerprint density at radius 2 is 2.00 bits per heavy atom. The molecule has 0 bridgehead atoms. The summed E-state index contributed by atoms with van der Waals surface area (Å²) in [6.45, 7) is 2.78. The number of hydrogen-bond acceptors (Lipinski definition) is 2. The topological polar surface area (TPSA) is 26.0 Å². The van der Waals surface area contributed by atoms with Crippen LogP contribution in [0.1, 0.15) is 21.6 Å². The second kappa shape index (κ2) is 6.04. The van der Waals surface area contributed by atoms with Gasteiger partial charge in [-0.3, -0.25) is 0 Å². The van der Waals surface area contributed by atoms with Gasteiger partial charge in [0.15, 0.2) is 0 Å². The van der Waals surface area contributed by atoms with Gasteiger partial charge in [-0.15, -0.1) is 23.7 Å². The van der Waals surface area contributed by atoms with Crippen LogP contribution in [0.2, 0.25) is 0 Å². The van der Waals surface area contributed by atoms with Gasteiger partial charge in [0.1, 0.15) is 0 Å². The molecular weight excluding hydrogens is 238 g/mol. The van der Waals surface area contributed by atoms with E-state index in [2.05, 4.69) is 42.6 Å².